The number of likely N-dealkylation sites (tertiary alicyclic amines) is 1. The summed E-state index contributed by atoms with van der Waals surface area (Å²) in [6, 6.07) is 5.44. The molecule has 0 amide bonds. The van der Waals surface area contributed by atoms with Gasteiger partial charge in [0.05, 0.1) is 12.1 Å². The SMILES string of the molecule is O=C1c2ccc(O)cc2[C@]23CCCC[C@H]2[C@H]1N(C[C@@H]1CCCO1)CC3. The van der Waals surface area contributed by atoms with Gasteiger partial charge in [0.15, 0.2) is 5.78 Å². The number of rotatable bonds is 2. The number of nitrogens with zero attached hydrogens (tertiary/aromatic N) is 1. The Morgan fingerprint density at radius 1 is 1.20 bits per heavy atom. The third kappa shape index (κ3) is 2.30. The number of ether oxygens (including phenoxy) is 1. The summed E-state index contributed by atoms with van der Waals surface area (Å²) in [6.45, 7) is 2.74. The number of carbonyl (C=O) groups excluding carboxylic acids is 1. The van der Waals surface area contributed by atoms with Crippen LogP contribution >= 0.6 is 0 Å². The van der Waals surface area contributed by atoms with Gasteiger partial charge in [0.1, 0.15) is 5.75 Å². The minimum Gasteiger partial charge on any atom is -0.508 e. The lowest BCUT2D eigenvalue weighted by atomic mass is 9.52. The van der Waals surface area contributed by atoms with Gasteiger partial charge in [-0.05, 0) is 68.3 Å². The molecule has 1 N–H and O–H groups in total. The highest BCUT2D eigenvalue weighted by molar-refractivity contribution is 6.04. The van der Waals surface area contributed by atoms with Gasteiger partial charge in [-0.25, -0.2) is 0 Å². The third-order valence-corrected chi connectivity index (χ3v) is 7.25. The van der Waals surface area contributed by atoms with E-state index in [-0.39, 0.29) is 17.2 Å². The van der Waals surface area contributed by atoms with E-state index < -0.39 is 0 Å². The van der Waals surface area contributed by atoms with Crippen molar-refractivity contribution in [3.8, 4) is 5.75 Å². The van der Waals surface area contributed by atoms with Gasteiger partial charge in [-0.3, -0.25) is 9.69 Å². The number of hydrogen-bond acceptors (Lipinski definition) is 4. The highest BCUT2D eigenvalue weighted by Crippen LogP contribution is 2.56. The molecule has 1 saturated carbocycles. The minimum atomic E-state index is 0.00953. The van der Waals surface area contributed by atoms with Gasteiger partial charge in [0.2, 0.25) is 0 Å². The molecule has 1 aromatic carbocycles. The first-order valence-corrected chi connectivity index (χ1v) is 9.92. The van der Waals surface area contributed by atoms with Crippen LogP contribution in [0.25, 0.3) is 0 Å². The first-order chi connectivity index (χ1) is 12.2. The Balaban J connectivity index is 1.57. The molecule has 0 spiro atoms. The van der Waals surface area contributed by atoms with E-state index in [2.05, 4.69) is 4.90 Å². The van der Waals surface area contributed by atoms with E-state index >= 15 is 0 Å². The predicted molar refractivity (Wildman–Crippen MR) is 95.0 cm³/mol. The van der Waals surface area contributed by atoms with Gasteiger partial charge in [0.25, 0.3) is 0 Å². The van der Waals surface area contributed by atoms with E-state index in [1.807, 2.05) is 12.1 Å². The molecule has 4 nitrogen and oxygen atoms in total. The van der Waals surface area contributed by atoms with Crippen LogP contribution < -0.4 is 0 Å². The third-order valence-electron chi connectivity index (χ3n) is 7.25. The number of ketones is 1. The normalized spacial score (nSPS) is 37.6. The van der Waals surface area contributed by atoms with E-state index in [0.29, 0.717) is 17.8 Å². The molecule has 134 valence electrons. The maximum Gasteiger partial charge on any atom is 0.180 e. The van der Waals surface area contributed by atoms with Crippen LogP contribution in [0.4, 0.5) is 0 Å². The molecule has 4 atom stereocenters. The predicted octanol–water partition coefficient (Wildman–Crippen LogP) is 3.27. The highest BCUT2D eigenvalue weighted by Gasteiger charge is 2.57. The van der Waals surface area contributed by atoms with Gasteiger partial charge in [0, 0.05) is 24.1 Å². The molecular weight excluding hydrogens is 314 g/mol. The fourth-order valence-corrected chi connectivity index (χ4v) is 6.16. The fraction of sp³-hybridized carbons (Fsp3) is 0.667. The molecule has 0 unspecified atom stereocenters. The van der Waals surface area contributed by atoms with Gasteiger partial charge in [-0.2, -0.15) is 0 Å². The first-order valence-electron chi connectivity index (χ1n) is 9.92. The molecule has 3 fully saturated rings. The average Bonchev–Trinajstić information content (AvgIpc) is 3.13. The summed E-state index contributed by atoms with van der Waals surface area (Å²) >= 11 is 0. The molecule has 5 rings (SSSR count). The molecule has 4 aliphatic rings. The summed E-state index contributed by atoms with van der Waals surface area (Å²) in [6.07, 6.45) is 8.41. The van der Waals surface area contributed by atoms with E-state index in [1.165, 1.54) is 12.8 Å². The van der Waals surface area contributed by atoms with Crippen molar-refractivity contribution in [1.29, 1.82) is 0 Å². The van der Waals surface area contributed by atoms with Crippen LogP contribution in [0.2, 0.25) is 0 Å². The van der Waals surface area contributed by atoms with Crippen LogP contribution in [0.15, 0.2) is 18.2 Å². The maximum absolute atomic E-state index is 13.4. The first kappa shape index (κ1) is 15.8. The molecule has 2 saturated heterocycles. The standard InChI is InChI=1S/C21H27NO3/c23-14-6-7-16-18(12-14)21-8-2-1-5-17(21)19(20(16)24)22(10-9-21)13-15-4-3-11-25-15/h6-7,12,15,17,19,23H,1-5,8-11,13H2/t15-,17-,19+,21-/m0/s1. The number of piperidine rings is 1. The Bertz CT molecular complexity index is 696. The van der Waals surface area contributed by atoms with Crippen molar-refractivity contribution in [3.63, 3.8) is 0 Å². The largest absolute Gasteiger partial charge is 0.508 e. The Labute approximate surface area is 149 Å². The van der Waals surface area contributed by atoms with E-state index in [1.54, 1.807) is 6.07 Å². The van der Waals surface area contributed by atoms with Crippen LogP contribution in [0, 0.1) is 5.92 Å². The molecule has 25 heavy (non-hydrogen) atoms. The molecule has 2 aliphatic carbocycles. The van der Waals surface area contributed by atoms with E-state index in [9.17, 15) is 9.90 Å². The second kappa shape index (κ2) is 5.82. The average molecular weight is 341 g/mol. The summed E-state index contributed by atoms with van der Waals surface area (Å²) in [7, 11) is 0. The van der Waals surface area contributed by atoms with Crippen LogP contribution in [0.5, 0.6) is 5.75 Å². The number of phenols is 1. The van der Waals surface area contributed by atoms with Crippen molar-refractivity contribution < 1.29 is 14.6 Å². The van der Waals surface area contributed by atoms with Gasteiger partial charge in [-0.1, -0.05) is 12.8 Å². The van der Waals surface area contributed by atoms with Crippen LogP contribution in [0.1, 0.15) is 60.9 Å². The van der Waals surface area contributed by atoms with E-state index in [4.69, 9.17) is 4.74 Å². The molecule has 2 bridgehead atoms. The molecule has 0 aromatic heterocycles. The van der Waals surface area contributed by atoms with Crippen molar-refractivity contribution in [3.05, 3.63) is 29.3 Å². The van der Waals surface area contributed by atoms with Crippen LogP contribution in [0.3, 0.4) is 0 Å². The quantitative estimate of drug-likeness (QED) is 0.897. The number of fused-ring (bicyclic) bond motifs is 1. The number of phenolic OH excluding ortho intramolecular Hbond substituents is 1. The fourth-order valence-electron chi connectivity index (χ4n) is 6.16. The van der Waals surface area contributed by atoms with Crippen LogP contribution in [-0.2, 0) is 10.2 Å². The summed E-state index contributed by atoms with van der Waals surface area (Å²) < 4.78 is 5.86. The lowest BCUT2D eigenvalue weighted by Crippen LogP contribution is -2.64. The smallest absolute Gasteiger partial charge is 0.180 e. The van der Waals surface area contributed by atoms with Crippen molar-refractivity contribution in [2.45, 2.75) is 62.5 Å². The van der Waals surface area contributed by atoms with Crippen molar-refractivity contribution in [1.82, 2.24) is 4.90 Å². The number of benzene rings is 1. The Hall–Kier alpha value is -1.39. The molecule has 0 radical (unpaired) electrons. The zero-order valence-electron chi connectivity index (χ0n) is 14.7. The minimum absolute atomic E-state index is 0.00953. The lowest BCUT2D eigenvalue weighted by molar-refractivity contribution is -0.0238. The second-order valence-corrected chi connectivity index (χ2v) is 8.43. The number of carbonyl (C=O) groups is 1. The maximum atomic E-state index is 13.4. The molecule has 2 heterocycles. The molecule has 1 aromatic rings. The summed E-state index contributed by atoms with van der Waals surface area (Å²) in [5, 5.41) is 10.1. The zero-order chi connectivity index (χ0) is 17.0. The van der Waals surface area contributed by atoms with Crippen molar-refractivity contribution in [2.24, 2.45) is 5.92 Å². The van der Waals surface area contributed by atoms with Crippen molar-refractivity contribution in [2.75, 3.05) is 19.7 Å². The van der Waals surface area contributed by atoms with Gasteiger partial charge in [-0.15, -0.1) is 0 Å². The zero-order valence-corrected chi connectivity index (χ0v) is 14.7. The molecular formula is C21H27NO3. The Kier molecular flexibility index (Phi) is 3.68. The number of hydrogen-bond donors (Lipinski definition) is 1. The van der Waals surface area contributed by atoms with Crippen molar-refractivity contribution >= 4 is 5.78 Å². The second-order valence-electron chi connectivity index (χ2n) is 8.43. The number of Topliss-reactive ketones (excluding diaryl/α,β-unsaturated/α-hetero) is 1. The molecule has 2 aliphatic heterocycles. The summed E-state index contributed by atoms with van der Waals surface area (Å²) in [5.41, 5.74) is 2.09. The topological polar surface area (TPSA) is 49.8 Å². The van der Waals surface area contributed by atoms with Gasteiger partial charge >= 0.3 is 0 Å². The highest BCUT2D eigenvalue weighted by atomic mass is 16.5. The van der Waals surface area contributed by atoms with Gasteiger partial charge < -0.3 is 9.84 Å². The number of aromatic hydroxyl groups is 1. The Morgan fingerprint density at radius 2 is 2.12 bits per heavy atom. The van der Waals surface area contributed by atoms with E-state index in [0.717, 1.165) is 62.9 Å². The summed E-state index contributed by atoms with van der Waals surface area (Å²) in [4.78, 5) is 15.8. The molecule has 4 heteroatoms. The monoisotopic (exact) mass is 341 g/mol. The lowest BCUT2D eigenvalue weighted by Gasteiger charge is -2.58. The summed E-state index contributed by atoms with van der Waals surface area (Å²) in [5.74, 6) is 0.971. The van der Waals surface area contributed by atoms with Crippen LogP contribution in [-0.4, -0.2) is 47.6 Å². The Morgan fingerprint density at radius 3 is 2.96 bits per heavy atom.